The van der Waals surface area contributed by atoms with Gasteiger partial charge in [0.25, 0.3) is 5.91 Å². The monoisotopic (exact) mass is 378 g/mol. The summed E-state index contributed by atoms with van der Waals surface area (Å²) in [6.07, 6.45) is 11.8. The molecule has 146 valence electrons. The number of anilines is 1. The van der Waals surface area contributed by atoms with E-state index in [4.69, 9.17) is 4.74 Å². The average Bonchev–Trinajstić information content (AvgIpc) is 2.84. The second-order valence-corrected chi connectivity index (χ2v) is 8.20. The van der Waals surface area contributed by atoms with Crippen molar-refractivity contribution in [1.29, 1.82) is 0 Å². The van der Waals surface area contributed by atoms with Crippen molar-refractivity contribution in [2.75, 3.05) is 11.9 Å². The first-order valence-corrected chi connectivity index (χ1v) is 9.31. The van der Waals surface area contributed by atoms with Gasteiger partial charge in [-0.3, -0.25) is 9.59 Å². The summed E-state index contributed by atoms with van der Waals surface area (Å²) in [6.45, 7) is 8.08. The summed E-state index contributed by atoms with van der Waals surface area (Å²) in [5, 5.41) is 5.71. The lowest BCUT2D eigenvalue weighted by molar-refractivity contribution is -0.125. The van der Waals surface area contributed by atoms with Crippen molar-refractivity contribution < 1.29 is 14.3 Å². The molecule has 0 radical (unpaired) electrons. The van der Waals surface area contributed by atoms with Crippen LogP contribution < -0.4 is 10.6 Å². The fourth-order valence-electron chi connectivity index (χ4n) is 2.93. The van der Waals surface area contributed by atoms with Crippen LogP contribution in [-0.2, 0) is 14.3 Å². The van der Waals surface area contributed by atoms with Gasteiger partial charge in [0.15, 0.2) is 6.61 Å². The highest BCUT2D eigenvalue weighted by Gasteiger charge is 2.27. The van der Waals surface area contributed by atoms with Crippen LogP contribution in [0.1, 0.15) is 33.3 Å². The molecule has 1 saturated heterocycles. The predicted octanol–water partition coefficient (Wildman–Crippen LogP) is 4.17. The maximum Gasteiger partial charge on any atom is 0.262 e. The molecule has 5 heteroatoms. The standard InChI is InChI=1S/C12H13NO.C11H13NO2/c1-12(2)8-7-9-5-3-4-6-10(9)13-11(12)14;1-11(2)5-3-4-9-8(6-11)12-10(13)7-14-9/h3-8H,1-2H3,(H,13,14);3-6H,7H2,1-2H3,(H,12,13). The molecule has 0 aromatic heterocycles. The number of ether oxygens (including phenoxy) is 1. The van der Waals surface area contributed by atoms with Gasteiger partial charge in [0.1, 0.15) is 5.76 Å². The molecule has 1 fully saturated rings. The van der Waals surface area contributed by atoms with E-state index in [9.17, 15) is 9.59 Å². The minimum Gasteiger partial charge on any atom is -0.482 e. The molecule has 2 heterocycles. The van der Waals surface area contributed by atoms with Gasteiger partial charge in [-0.25, -0.2) is 0 Å². The molecule has 3 aliphatic rings. The quantitative estimate of drug-likeness (QED) is 0.712. The van der Waals surface area contributed by atoms with Gasteiger partial charge in [0.2, 0.25) is 5.91 Å². The number of para-hydroxylation sites is 1. The third kappa shape index (κ3) is 4.60. The molecule has 2 amide bonds. The Morgan fingerprint density at radius 2 is 1.75 bits per heavy atom. The molecule has 1 aromatic carbocycles. The highest BCUT2D eigenvalue weighted by molar-refractivity contribution is 6.00. The van der Waals surface area contributed by atoms with Crippen LogP contribution in [0, 0.1) is 10.8 Å². The summed E-state index contributed by atoms with van der Waals surface area (Å²) in [7, 11) is 0. The lowest BCUT2D eigenvalue weighted by Crippen LogP contribution is -2.34. The largest absolute Gasteiger partial charge is 0.482 e. The van der Waals surface area contributed by atoms with E-state index < -0.39 is 5.41 Å². The third-order valence-electron chi connectivity index (χ3n) is 4.66. The number of rotatable bonds is 0. The van der Waals surface area contributed by atoms with E-state index in [-0.39, 0.29) is 23.8 Å². The van der Waals surface area contributed by atoms with Gasteiger partial charge in [-0.05, 0) is 37.6 Å². The van der Waals surface area contributed by atoms with Crippen LogP contribution in [0.2, 0.25) is 0 Å². The van der Waals surface area contributed by atoms with E-state index in [0.29, 0.717) is 0 Å². The van der Waals surface area contributed by atoms with Gasteiger partial charge in [-0.1, -0.05) is 56.4 Å². The molecule has 0 atom stereocenters. The number of nitrogens with one attached hydrogen (secondary N) is 2. The molecule has 2 aliphatic heterocycles. The van der Waals surface area contributed by atoms with Crippen LogP contribution >= 0.6 is 0 Å². The van der Waals surface area contributed by atoms with E-state index in [2.05, 4.69) is 30.6 Å². The second kappa shape index (κ2) is 7.50. The fourth-order valence-corrected chi connectivity index (χ4v) is 2.93. The van der Waals surface area contributed by atoms with Crippen molar-refractivity contribution in [3.63, 3.8) is 0 Å². The van der Waals surface area contributed by atoms with Crippen LogP contribution in [0.3, 0.4) is 0 Å². The Kier molecular flexibility index (Phi) is 5.27. The van der Waals surface area contributed by atoms with Crippen molar-refractivity contribution in [1.82, 2.24) is 5.32 Å². The molecular weight excluding hydrogens is 352 g/mol. The van der Waals surface area contributed by atoms with Crippen LogP contribution in [0.25, 0.3) is 6.08 Å². The number of benzene rings is 1. The zero-order valence-electron chi connectivity index (χ0n) is 16.7. The number of fused-ring (bicyclic) bond motifs is 2. The molecule has 0 spiro atoms. The van der Waals surface area contributed by atoms with E-state index in [1.165, 1.54) is 0 Å². The smallest absolute Gasteiger partial charge is 0.262 e. The van der Waals surface area contributed by atoms with E-state index in [0.717, 1.165) is 22.7 Å². The number of amides is 2. The first-order chi connectivity index (χ1) is 13.2. The molecule has 2 N–H and O–H groups in total. The Morgan fingerprint density at radius 3 is 2.54 bits per heavy atom. The number of hydrogen-bond donors (Lipinski definition) is 2. The summed E-state index contributed by atoms with van der Waals surface area (Å²) < 4.78 is 5.30. The highest BCUT2D eigenvalue weighted by Crippen LogP contribution is 2.29. The van der Waals surface area contributed by atoms with E-state index in [1.807, 2.05) is 68.5 Å². The Bertz CT molecular complexity index is 918. The summed E-state index contributed by atoms with van der Waals surface area (Å²) >= 11 is 0. The second-order valence-electron chi connectivity index (χ2n) is 8.20. The average molecular weight is 378 g/mol. The maximum absolute atomic E-state index is 11.7. The molecule has 0 bridgehead atoms. The maximum atomic E-state index is 11.7. The fraction of sp³-hybridized carbons (Fsp3) is 0.304. The van der Waals surface area contributed by atoms with Crippen LogP contribution in [0.15, 0.2) is 66.1 Å². The van der Waals surface area contributed by atoms with Crippen molar-refractivity contribution >= 4 is 23.6 Å². The van der Waals surface area contributed by atoms with E-state index >= 15 is 0 Å². The Labute approximate surface area is 165 Å². The van der Waals surface area contributed by atoms with Gasteiger partial charge >= 0.3 is 0 Å². The number of morpholine rings is 1. The summed E-state index contributed by atoms with van der Waals surface area (Å²) in [5.41, 5.74) is 2.24. The Balaban J connectivity index is 0.000000161. The summed E-state index contributed by atoms with van der Waals surface area (Å²) in [6, 6.07) is 7.80. The van der Waals surface area contributed by atoms with Crippen LogP contribution in [0.4, 0.5) is 5.69 Å². The molecule has 28 heavy (non-hydrogen) atoms. The molecular formula is C23H26N2O3. The Hall–Kier alpha value is -3.08. The molecule has 5 nitrogen and oxygen atoms in total. The zero-order chi connectivity index (χ0) is 20.4. The lowest BCUT2D eigenvalue weighted by Gasteiger charge is -2.22. The molecule has 0 unspecified atom stereocenters. The van der Waals surface area contributed by atoms with Gasteiger partial charge in [-0.15, -0.1) is 0 Å². The minimum absolute atomic E-state index is 0.0405. The number of carbonyl (C=O) groups excluding carboxylic acids is 2. The SMILES string of the molecule is CC1(C)C=CC=C2OCC(=O)NC2=C1.CC1(C)C=Cc2ccccc2NC1=O. The van der Waals surface area contributed by atoms with Crippen molar-refractivity contribution in [2.45, 2.75) is 27.7 Å². The van der Waals surface area contributed by atoms with Crippen molar-refractivity contribution in [3.05, 3.63) is 71.7 Å². The molecule has 0 saturated carbocycles. The zero-order valence-corrected chi connectivity index (χ0v) is 16.7. The van der Waals surface area contributed by atoms with Gasteiger partial charge in [0.05, 0.1) is 11.1 Å². The summed E-state index contributed by atoms with van der Waals surface area (Å²) in [5.74, 6) is 0.691. The van der Waals surface area contributed by atoms with Gasteiger partial charge in [-0.2, -0.15) is 0 Å². The minimum atomic E-state index is -0.432. The lowest BCUT2D eigenvalue weighted by atomic mass is 9.92. The first kappa shape index (κ1) is 19.7. The highest BCUT2D eigenvalue weighted by atomic mass is 16.5. The molecule has 4 rings (SSSR count). The van der Waals surface area contributed by atoms with Crippen LogP contribution in [-0.4, -0.2) is 18.4 Å². The predicted molar refractivity (Wildman–Crippen MR) is 111 cm³/mol. The normalized spacial score (nSPS) is 21.0. The summed E-state index contributed by atoms with van der Waals surface area (Å²) in [4.78, 5) is 22.9. The van der Waals surface area contributed by atoms with E-state index in [1.54, 1.807) is 0 Å². The first-order valence-electron chi connectivity index (χ1n) is 9.31. The van der Waals surface area contributed by atoms with Crippen molar-refractivity contribution in [3.8, 4) is 0 Å². The number of allylic oxidation sites excluding steroid dienone is 4. The van der Waals surface area contributed by atoms with Gasteiger partial charge in [0, 0.05) is 11.1 Å². The van der Waals surface area contributed by atoms with Crippen LogP contribution in [0.5, 0.6) is 0 Å². The van der Waals surface area contributed by atoms with Crippen molar-refractivity contribution in [2.24, 2.45) is 10.8 Å². The molecule has 1 aliphatic carbocycles. The molecule has 1 aromatic rings. The Morgan fingerprint density at radius 1 is 1.00 bits per heavy atom. The third-order valence-corrected chi connectivity index (χ3v) is 4.66. The van der Waals surface area contributed by atoms with Gasteiger partial charge < -0.3 is 15.4 Å². The number of hydrogen-bond acceptors (Lipinski definition) is 3. The topological polar surface area (TPSA) is 67.4 Å². The number of carbonyl (C=O) groups is 2.